The van der Waals surface area contributed by atoms with Gasteiger partial charge in [0.05, 0.1) is 12.8 Å². The first kappa shape index (κ1) is 14.1. The summed E-state index contributed by atoms with van der Waals surface area (Å²) >= 11 is 0. The number of hydrogen-bond donors (Lipinski definition) is 1. The number of fused-ring (bicyclic) bond motifs is 1. The molecule has 3 nitrogen and oxygen atoms in total. The van der Waals surface area contributed by atoms with Crippen molar-refractivity contribution in [2.24, 2.45) is 11.1 Å². The molecule has 0 aliphatic heterocycles. The maximum Gasteiger partial charge on any atom is 0.147 e. The van der Waals surface area contributed by atoms with Crippen LogP contribution >= 0.6 is 0 Å². The molecule has 1 unspecified atom stereocenters. The second-order valence-electron chi connectivity index (χ2n) is 6.56. The predicted octanol–water partition coefficient (Wildman–Crippen LogP) is 3.60. The maximum absolute atomic E-state index is 14.2. The lowest BCUT2D eigenvalue weighted by Gasteiger charge is -2.34. The Hall–Kier alpha value is -1.81. The number of benzene rings is 1. The van der Waals surface area contributed by atoms with Gasteiger partial charge in [0, 0.05) is 24.0 Å². The highest BCUT2D eigenvalue weighted by Crippen LogP contribution is 2.41. The number of halogens is 1. The van der Waals surface area contributed by atoms with Crippen LogP contribution in [-0.2, 0) is 6.42 Å². The lowest BCUT2D eigenvalue weighted by molar-refractivity contribution is 0.278. The largest absolute Gasteiger partial charge is 0.497 e. The number of ether oxygens (including phenoxy) is 1. The molecule has 1 aliphatic carbocycles. The summed E-state index contributed by atoms with van der Waals surface area (Å²) in [7, 11) is 1.58. The van der Waals surface area contributed by atoms with Gasteiger partial charge in [-0.2, -0.15) is 0 Å². The van der Waals surface area contributed by atoms with Crippen molar-refractivity contribution in [2.45, 2.75) is 32.7 Å². The third-order valence-corrected chi connectivity index (χ3v) is 4.26. The van der Waals surface area contributed by atoms with Gasteiger partial charge < -0.3 is 15.0 Å². The molecule has 1 aromatic heterocycles. The van der Waals surface area contributed by atoms with Gasteiger partial charge in [-0.1, -0.05) is 13.8 Å². The normalized spacial score (nSPS) is 20.1. The first-order valence-electron chi connectivity index (χ1n) is 7.21. The molecule has 112 valence electrons. The van der Waals surface area contributed by atoms with Crippen LogP contribution in [0.5, 0.6) is 5.75 Å². The average Bonchev–Trinajstić information content (AvgIpc) is 2.81. The van der Waals surface area contributed by atoms with Crippen LogP contribution in [0, 0.1) is 11.2 Å². The molecule has 2 N–H and O–H groups in total. The highest BCUT2D eigenvalue weighted by molar-refractivity contribution is 5.45. The standard InChI is InChI=1S/C17H21FN2O/c1-17(2)9-14(19)12-6-7-20(16(12)10-17)15-8-11(21-3)4-5-13(15)18/h4-8,14H,9-10,19H2,1-3H3. The van der Waals surface area contributed by atoms with Crippen LogP contribution in [0.3, 0.4) is 0 Å². The first-order valence-corrected chi connectivity index (χ1v) is 7.21. The smallest absolute Gasteiger partial charge is 0.147 e. The maximum atomic E-state index is 14.2. The van der Waals surface area contributed by atoms with E-state index in [4.69, 9.17) is 10.5 Å². The quantitative estimate of drug-likeness (QED) is 0.917. The van der Waals surface area contributed by atoms with Crippen LogP contribution in [0.15, 0.2) is 30.5 Å². The summed E-state index contributed by atoms with van der Waals surface area (Å²) in [6.45, 7) is 4.41. The zero-order valence-corrected chi connectivity index (χ0v) is 12.7. The fourth-order valence-electron chi connectivity index (χ4n) is 3.27. The van der Waals surface area contributed by atoms with Crippen LogP contribution in [0.4, 0.5) is 4.39 Å². The fourth-order valence-corrected chi connectivity index (χ4v) is 3.27. The van der Waals surface area contributed by atoms with Crippen LogP contribution in [0.25, 0.3) is 5.69 Å². The molecule has 0 fully saturated rings. The predicted molar refractivity (Wildman–Crippen MR) is 81.3 cm³/mol. The number of nitrogens with zero attached hydrogens (tertiary/aromatic N) is 1. The number of rotatable bonds is 2. The highest BCUT2D eigenvalue weighted by atomic mass is 19.1. The minimum Gasteiger partial charge on any atom is -0.497 e. The Bertz CT molecular complexity index is 675. The molecule has 0 amide bonds. The van der Waals surface area contributed by atoms with E-state index in [9.17, 15) is 4.39 Å². The number of nitrogens with two attached hydrogens (primary N) is 1. The summed E-state index contributed by atoms with van der Waals surface area (Å²) in [5, 5.41) is 0. The zero-order chi connectivity index (χ0) is 15.2. The molecule has 2 aromatic rings. The SMILES string of the molecule is COc1ccc(F)c(-n2ccc3c2CC(C)(C)CC3N)c1. The summed E-state index contributed by atoms with van der Waals surface area (Å²) in [6, 6.07) is 6.81. The number of aromatic nitrogens is 1. The van der Waals surface area contributed by atoms with E-state index in [-0.39, 0.29) is 17.3 Å². The zero-order valence-electron chi connectivity index (χ0n) is 12.7. The lowest BCUT2D eigenvalue weighted by atomic mass is 9.74. The van der Waals surface area contributed by atoms with Gasteiger partial charge in [0.15, 0.2) is 0 Å². The van der Waals surface area contributed by atoms with Gasteiger partial charge in [-0.25, -0.2) is 4.39 Å². The second-order valence-corrected chi connectivity index (χ2v) is 6.56. The highest BCUT2D eigenvalue weighted by Gasteiger charge is 2.32. The third-order valence-electron chi connectivity index (χ3n) is 4.26. The topological polar surface area (TPSA) is 40.2 Å². The molecular formula is C17H21FN2O. The molecule has 1 atom stereocenters. The Morgan fingerprint density at radius 2 is 2.10 bits per heavy atom. The molecule has 0 saturated carbocycles. The van der Waals surface area contributed by atoms with Gasteiger partial charge in [-0.05, 0) is 42.0 Å². The molecule has 0 spiro atoms. The van der Waals surface area contributed by atoms with Crippen LogP contribution < -0.4 is 10.5 Å². The lowest BCUT2D eigenvalue weighted by Crippen LogP contribution is -2.30. The van der Waals surface area contributed by atoms with E-state index in [1.54, 1.807) is 19.2 Å². The first-order chi connectivity index (χ1) is 9.91. The number of hydrogen-bond acceptors (Lipinski definition) is 2. The van der Waals surface area contributed by atoms with Crippen molar-refractivity contribution >= 4 is 0 Å². The molecule has 3 rings (SSSR count). The molecule has 4 heteroatoms. The molecule has 0 bridgehead atoms. The molecule has 0 radical (unpaired) electrons. The van der Waals surface area contributed by atoms with Crippen molar-refractivity contribution in [3.05, 3.63) is 47.5 Å². The Morgan fingerprint density at radius 1 is 1.33 bits per heavy atom. The monoisotopic (exact) mass is 288 g/mol. The third kappa shape index (κ3) is 2.44. The van der Waals surface area contributed by atoms with Crippen LogP contribution in [-0.4, -0.2) is 11.7 Å². The van der Waals surface area contributed by atoms with Crippen LogP contribution in [0.1, 0.15) is 37.6 Å². The van der Waals surface area contributed by atoms with Gasteiger partial charge in [-0.15, -0.1) is 0 Å². The van der Waals surface area contributed by atoms with E-state index < -0.39 is 0 Å². The van der Waals surface area contributed by atoms with Crippen molar-refractivity contribution in [1.29, 1.82) is 0 Å². The average molecular weight is 288 g/mol. The summed E-state index contributed by atoms with van der Waals surface area (Å²) in [6.07, 6.45) is 3.74. The second kappa shape index (κ2) is 4.88. The summed E-state index contributed by atoms with van der Waals surface area (Å²) in [5.41, 5.74) is 9.14. The van der Waals surface area contributed by atoms with E-state index in [1.165, 1.54) is 6.07 Å². The van der Waals surface area contributed by atoms with Crippen molar-refractivity contribution in [3.8, 4) is 11.4 Å². The summed E-state index contributed by atoms with van der Waals surface area (Å²) in [4.78, 5) is 0. The van der Waals surface area contributed by atoms with Gasteiger partial charge >= 0.3 is 0 Å². The van der Waals surface area contributed by atoms with Crippen molar-refractivity contribution in [3.63, 3.8) is 0 Å². The molecular weight excluding hydrogens is 267 g/mol. The molecule has 1 heterocycles. The van der Waals surface area contributed by atoms with E-state index in [0.29, 0.717) is 11.4 Å². The fraction of sp³-hybridized carbons (Fsp3) is 0.412. The van der Waals surface area contributed by atoms with E-state index in [2.05, 4.69) is 13.8 Å². The van der Waals surface area contributed by atoms with Crippen molar-refractivity contribution in [2.75, 3.05) is 7.11 Å². The summed E-state index contributed by atoms with van der Waals surface area (Å²) in [5.74, 6) is 0.388. The molecule has 1 aliphatic rings. The van der Waals surface area contributed by atoms with Crippen LogP contribution in [0.2, 0.25) is 0 Å². The van der Waals surface area contributed by atoms with Gasteiger partial charge in [0.25, 0.3) is 0 Å². The van der Waals surface area contributed by atoms with E-state index >= 15 is 0 Å². The molecule has 1 aromatic carbocycles. The van der Waals surface area contributed by atoms with E-state index in [1.807, 2.05) is 16.8 Å². The minimum absolute atomic E-state index is 0.0127. The van der Waals surface area contributed by atoms with Gasteiger partial charge in [0.2, 0.25) is 0 Å². The van der Waals surface area contributed by atoms with Gasteiger partial charge in [0.1, 0.15) is 11.6 Å². The van der Waals surface area contributed by atoms with E-state index in [0.717, 1.165) is 24.1 Å². The molecule has 0 saturated heterocycles. The van der Waals surface area contributed by atoms with Gasteiger partial charge in [-0.3, -0.25) is 0 Å². The number of methoxy groups -OCH3 is 1. The Kier molecular flexibility index (Phi) is 3.29. The minimum atomic E-state index is -0.258. The summed E-state index contributed by atoms with van der Waals surface area (Å²) < 4.78 is 21.3. The van der Waals surface area contributed by atoms with Crippen molar-refractivity contribution < 1.29 is 9.13 Å². The Morgan fingerprint density at radius 3 is 2.81 bits per heavy atom. The molecule has 21 heavy (non-hydrogen) atoms. The Labute approximate surface area is 124 Å². The van der Waals surface area contributed by atoms with Crippen molar-refractivity contribution in [1.82, 2.24) is 4.57 Å². The Balaban J connectivity index is 2.14.